The minimum absolute atomic E-state index is 0.0701. The standard InChI is InChI=1S/C30H41NO4/c1-29-14-12-22(35-28(33)31-16-4-3-5-17-31)18-21(29)7-8-23-25-10-9-24(20-6-11-27(32)34-19-20)30(25,2)15-13-26(23)29/h6,10-11,19,21-24,26H,3-5,7-9,12-18H2,1-2H3. The van der Waals surface area contributed by atoms with Crippen LogP contribution in [-0.4, -0.2) is 30.2 Å². The van der Waals surface area contributed by atoms with Crippen molar-refractivity contribution in [2.75, 3.05) is 13.1 Å². The summed E-state index contributed by atoms with van der Waals surface area (Å²) in [6, 6.07) is 3.56. The molecule has 4 fully saturated rings. The zero-order chi connectivity index (χ0) is 24.2. The maximum absolute atomic E-state index is 12.7. The van der Waals surface area contributed by atoms with Crippen molar-refractivity contribution in [3.63, 3.8) is 0 Å². The Kier molecular flexibility index (Phi) is 5.88. The molecule has 5 heteroatoms. The first-order valence-corrected chi connectivity index (χ1v) is 14.1. The van der Waals surface area contributed by atoms with Crippen molar-refractivity contribution in [2.24, 2.45) is 28.6 Å². The van der Waals surface area contributed by atoms with Crippen LogP contribution < -0.4 is 5.63 Å². The molecule has 1 aromatic heterocycles. The van der Waals surface area contributed by atoms with Crippen LogP contribution in [0.15, 0.2) is 39.3 Å². The van der Waals surface area contributed by atoms with Crippen LogP contribution in [-0.2, 0) is 4.74 Å². The number of fused-ring (bicyclic) bond motifs is 5. The molecular formula is C30H41NO4. The lowest BCUT2D eigenvalue weighted by Gasteiger charge is -2.59. The van der Waals surface area contributed by atoms with Crippen molar-refractivity contribution in [2.45, 2.75) is 96.5 Å². The highest BCUT2D eigenvalue weighted by molar-refractivity contribution is 5.67. The lowest BCUT2D eigenvalue weighted by molar-refractivity contribution is -0.0874. The van der Waals surface area contributed by atoms with Gasteiger partial charge in [0.15, 0.2) is 0 Å². The predicted molar refractivity (Wildman–Crippen MR) is 135 cm³/mol. The van der Waals surface area contributed by atoms with Gasteiger partial charge in [-0.25, -0.2) is 9.59 Å². The van der Waals surface area contributed by atoms with Gasteiger partial charge in [-0.2, -0.15) is 0 Å². The van der Waals surface area contributed by atoms with Gasteiger partial charge in [0.2, 0.25) is 0 Å². The van der Waals surface area contributed by atoms with Gasteiger partial charge >= 0.3 is 11.7 Å². The second-order valence-electron chi connectivity index (χ2n) is 12.6. The highest BCUT2D eigenvalue weighted by atomic mass is 16.6. The summed E-state index contributed by atoms with van der Waals surface area (Å²) in [4.78, 5) is 26.2. The Morgan fingerprint density at radius 2 is 1.89 bits per heavy atom. The van der Waals surface area contributed by atoms with Crippen molar-refractivity contribution in [1.29, 1.82) is 0 Å². The number of rotatable bonds is 2. The van der Waals surface area contributed by atoms with E-state index in [2.05, 4.69) is 19.9 Å². The first kappa shape index (κ1) is 23.4. The Morgan fingerprint density at radius 3 is 2.66 bits per heavy atom. The van der Waals surface area contributed by atoms with Gasteiger partial charge in [-0.05, 0) is 117 Å². The molecule has 6 rings (SSSR count). The molecule has 1 aliphatic heterocycles. The van der Waals surface area contributed by atoms with Crippen LogP contribution >= 0.6 is 0 Å². The normalized spacial score (nSPS) is 40.8. The summed E-state index contributed by atoms with van der Waals surface area (Å²) in [5.74, 6) is 2.47. The molecule has 0 aromatic carbocycles. The zero-order valence-electron chi connectivity index (χ0n) is 21.5. The average Bonchev–Trinajstić information content (AvgIpc) is 3.22. The van der Waals surface area contributed by atoms with E-state index in [4.69, 9.17) is 9.15 Å². The predicted octanol–water partition coefficient (Wildman–Crippen LogP) is 6.68. The van der Waals surface area contributed by atoms with Gasteiger partial charge < -0.3 is 14.1 Å². The van der Waals surface area contributed by atoms with Crippen LogP contribution in [0.4, 0.5) is 4.79 Å². The Morgan fingerprint density at radius 1 is 1.06 bits per heavy atom. The third kappa shape index (κ3) is 3.88. The molecule has 1 aromatic rings. The third-order valence-corrected chi connectivity index (χ3v) is 11.0. The van der Waals surface area contributed by atoms with Gasteiger partial charge in [0.05, 0.1) is 6.26 Å². The summed E-state index contributed by atoms with van der Waals surface area (Å²) in [6.45, 7) is 6.74. The van der Waals surface area contributed by atoms with Crippen LogP contribution in [0.1, 0.15) is 96.0 Å². The molecule has 1 saturated heterocycles. The number of piperidine rings is 1. The number of hydrogen-bond acceptors (Lipinski definition) is 4. The van der Waals surface area contributed by atoms with E-state index in [0.717, 1.165) is 51.1 Å². The lowest BCUT2D eigenvalue weighted by Crippen LogP contribution is -2.52. The fraction of sp³-hybridized carbons (Fsp3) is 0.733. The SMILES string of the molecule is CC12CCC3C(CCC4CC(OC(=O)N5CCCCC5)CCC43C)C1=CCC2c1ccc(=O)oc1. The molecular weight excluding hydrogens is 438 g/mol. The largest absolute Gasteiger partial charge is 0.446 e. The molecule has 1 amide bonds. The van der Waals surface area contributed by atoms with Crippen LogP contribution in [0, 0.1) is 28.6 Å². The summed E-state index contributed by atoms with van der Waals surface area (Å²) in [5.41, 5.74) is 3.11. The minimum Gasteiger partial charge on any atom is -0.446 e. The number of amides is 1. The van der Waals surface area contributed by atoms with E-state index < -0.39 is 0 Å². The Hall–Kier alpha value is -2.04. The molecule has 7 atom stereocenters. The molecule has 5 aliphatic rings. The second-order valence-corrected chi connectivity index (χ2v) is 12.6. The van der Waals surface area contributed by atoms with Gasteiger partial charge in [0.1, 0.15) is 6.10 Å². The minimum atomic E-state index is -0.266. The van der Waals surface area contributed by atoms with Gasteiger partial charge in [0, 0.05) is 19.2 Å². The molecule has 0 bridgehead atoms. The maximum Gasteiger partial charge on any atom is 0.410 e. The number of likely N-dealkylation sites (tertiary alicyclic amines) is 1. The Balaban J connectivity index is 1.15. The number of hydrogen-bond donors (Lipinski definition) is 0. The van der Waals surface area contributed by atoms with Crippen LogP contribution in [0.25, 0.3) is 0 Å². The molecule has 0 spiro atoms. The van der Waals surface area contributed by atoms with Crippen molar-refractivity contribution < 1.29 is 13.9 Å². The van der Waals surface area contributed by atoms with E-state index >= 15 is 0 Å². The van der Waals surface area contributed by atoms with Crippen LogP contribution in [0.2, 0.25) is 0 Å². The summed E-state index contributed by atoms with van der Waals surface area (Å²) < 4.78 is 11.3. The van der Waals surface area contributed by atoms with Crippen LogP contribution in [0.3, 0.4) is 0 Å². The summed E-state index contributed by atoms with van der Waals surface area (Å²) in [7, 11) is 0. The highest BCUT2D eigenvalue weighted by Crippen LogP contribution is 2.67. The van der Waals surface area contributed by atoms with E-state index in [9.17, 15) is 9.59 Å². The van der Waals surface area contributed by atoms with E-state index in [-0.39, 0.29) is 23.2 Å². The second kappa shape index (κ2) is 8.81. The Bertz CT molecular complexity index is 1030. The number of carbonyl (C=O) groups excluding carboxylic acids is 1. The van der Waals surface area contributed by atoms with Gasteiger partial charge in [-0.15, -0.1) is 0 Å². The smallest absolute Gasteiger partial charge is 0.410 e. The summed E-state index contributed by atoms with van der Waals surface area (Å²) in [6.07, 6.45) is 17.0. The monoisotopic (exact) mass is 479 g/mol. The molecule has 190 valence electrons. The average molecular weight is 480 g/mol. The van der Waals surface area contributed by atoms with Crippen molar-refractivity contribution in [1.82, 2.24) is 4.90 Å². The van der Waals surface area contributed by atoms with E-state index in [1.54, 1.807) is 17.9 Å². The molecule has 7 unspecified atom stereocenters. The highest BCUT2D eigenvalue weighted by Gasteiger charge is 2.58. The number of allylic oxidation sites excluding steroid dienone is 2. The number of ether oxygens (including phenoxy) is 1. The first-order valence-electron chi connectivity index (χ1n) is 14.1. The molecule has 0 radical (unpaired) electrons. The van der Waals surface area contributed by atoms with Gasteiger partial charge in [-0.3, -0.25) is 0 Å². The zero-order valence-corrected chi connectivity index (χ0v) is 21.5. The molecule has 2 heterocycles. The molecule has 35 heavy (non-hydrogen) atoms. The molecule has 5 nitrogen and oxygen atoms in total. The molecule has 0 N–H and O–H groups in total. The van der Waals surface area contributed by atoms with Crippen LogP contribution in [0.5, 0.6) is 0 Å². The Labute approximate surface area is 209 Å². The molecule has 3 saturated carbocycles. The fourth-order valence-corrected chi connectivity index (χ4v) is 9.02. The van der Waals surface area contributed by atoms with Gasteiger partial charge in [-0.1, -0.05) is 25.5 Å². The van der Waals surface area contributed by atoms with Crippen molar-refractivity contribution >= 4 is 6.09 Å². The lowest BCUT2D eigenvalue weighted by atomic mass is 9.46. The topological polar surface area (TPSA) is 59.8 Å². The van der Waals surface area contributed by atoms with Crippen molar-refractivity contribution in [3.05, 3.63) is 46.0 Å². The van der Waals surface area contributed by atoms with E-state index in [1.165, 1.54) is 44.1 Å². The van der Waals surface area contributed by atoms with E-state index in [1.807, 2.05) is 11.0 Å². The molecule has 4 aliphatic carbocycles. The third-order valence-electron chi connectivity index (χ3n) is 11.0. The maximum atomic E-state index is 12.7. The quantitative estimate of drug-likeness (QED) is 0.444. The number of nitrogens with zero attached hydrogens (tertiary/aromatic N) is 1. The summed E-state index contributed by atoms with van der Waals surface area (Å²) >= 11 is 0. The summed E-state index contributed by atoms with van der Waals surface area (Å²) in [5, 5.41) is 0. The van der Waals surface area contributed by atoms with Crippen molar-refractivity contribution in [3.8, 4) is 0 Å². The first-order chi connectivity index (χ1) is 16.9. The fourth-order valence-electron chi connectivity index (χ4n) is 9.02. The van der Waals surface area contributed by atoms with Gasteiger partial charge in [0.25, 0.3) is 0 Å². The van der Waals surface area contributed by atoms with E-state index in [0.29, 0.717) is 23.2 Å². The number of carbonyl (C=O) groups is 1.